The summed E-state index contributed by atoms with van der Waals surface area (Å²) in [5, 5.41) is 10.5. The van der Waals surface area contributed by atoms with E-state index in [0.717, 1.165) is 25.7 Å². The van der Waals surface area contributed by atoms with Gasteiger partial charge >= 0.3 is 0 Å². The average Bonchev–Trinajstić information content (AvgIpc) is 2.97. The molecule has 1 amide bonds. The number of rotatable bonds is 3. The van der Waals surface area contributed by atoms with Gasteiger partial charge in [0.15, 0.2) is 0 Å². The second-order valence-electron chi connectivity index (χ2n) is 5.73. The molecule has 1 N–H and O–H groups in total. The first-order chi connectivity index (χ1) is 9.51. The Bertz CT molecular complexity index is 524. The smallest absolute Gasteiger partial charge is 0.227 e. The maximum Gasteiger partial charge on any atom is 0.227 e. The molecule has 1 heterocycles. The van der Waals surface area contributed by atoms with Crippen molar-refractivity contribution >= 4 is 17.5 Å². The number of hydrogen-bond acceptors (Lipinski definition) is 2. The summed E-state index contributed by atoms with van der Waals surface area (Å²) in [4.78, 5) is 14.1. The molecule has 0 aromatic heterocycles. The molecular weight excluding hydrogens is 281 g/mol. The Morgan fingerprint density at radius 3 is 2.90 bits per heavy atom. The first-order valence-corrected chi connectivity index (χ1v) is 7.34. The first kappa shape index (κ1) is 13.8. The zero-order chi connectivity index (χ0) is 14.3. The van der Waals surface area contributed by atoms with Gasteiger partial charge in [0.2, 0.25) is 5.91 Å². The molecule has 0 spiro atoms. The minimum absolute atomic E-state index is 0.0436. The van der Waals surface area contributed by atoms with E-state index in [-0.39, 0.29) is 29.0 Å². The van der Waals surface area contributed by atoms with Crippen molar-refractivity contribution in [3.8, 4) is 0 Å². The Hall–Kier alpha value is -1.13. The molecule has 1 aromatic rings. The van der Waals surface area contributed by atoms with Crippen molar-refractivity contribution in [2.24, 2.45) is 0 Å². The van der Waals surface area contributed by atoms with Crippen molar-refractivity contribution in [1.29, 1.82) is 0 Å². The second-order valence-corrected chi connectivity index (χ2v) is 6.13. The van der Waals surface area contributed by atoms with Crippen LogP contribution in [-0.2, 0) is 11.2 Å². The van der Waals surface area contributed by atoms with Crippen LogP contribution in [-0.4, -0.2) is 34.1 Å². The SMILES string of the molecule is O=C(Cc1c(F)cccc1Cl)N1CCCC1C1(O)CC1. The normalized spacial score (nSPS) is 23.9. The lowest BCUT2D eigenvalue weighted by Gasteiger charge is -2.29. The van der Waals surface area contributed by atoms with E-state index in [1.165, 1.54) is 12.1 Å². The number of carbonyl (C=O) groups is 1. The van der Waals surface area contributed by atoms with Crippen molar-refractivity contribution in [2.75, 3.05) is 6.54 Å². The zero-order valence-corrected chi connectivity index (χ0v) is 11.9. The highest BCUT2D eigenvalue weighted by molar-refractivity contribution is 6.31. The number of aliphatic hydroxyl groups is 1. The summed E-state index contributed by atoms with van der Waals surface area (Å²) in [7, 11) is 0. The third kappa shape index (κ3) is 2.42. The van der Waals surface area contributed by atoms with Crippen LogP contribution in [0.4, 0.5) is 4.39 Å². The highest BCUT2D eigenvalue weighted by Crippen LogP contribution is 2.44. The van der Waals surface area contributed by atoms with E-state index in [2.05, 4.69) is 0 Å². The first-order valence-electron chi connectivity index (χ1n) is 6.96. The molecule has 1 unspecified atom stereocenters. The summed E-state index contributed by atoms with van der Waals surface area (Å²) in [6.07, 6.45) is 3.18. The number of likely N-dealkylation sites (tertiary alicyclic amines) is 1. The molecule has 1 atom stereocenters. The van der Waals surface area contributed by atoms with Crippen molar-refractivity contribution in [3.63, 3.8) is 0 Å². The predicted octanol–water partition coefficient (Wildman–Crippen LogP) is 2.54. The van der Waals surface area contributed by atoms with Gasteiger partial charge in [-0.25, -0.2) is 4.39 Å². The van der Waals surface area contributed by atoms with Crippen LogP contribution in [0.1, 0.15) is 31.2 Å². The fourth-order valence-electron chi connectivity index (χ4n) is 3.04. The lowest BCUT2D eigenvalue weighted by Crippen LogP contribution is -2.44. The maximum absolute atomic E-state index is 13.7. The van der Waals surface area contributed by atoms with Crippen LogP contribution in [0.5, 0.6) is 0 Å². The van der Waals surface area contributed by atoms with Gasteiger partial charge in [-0.15, -0.1) is 0 Å². The molecule has 1 aromatic carbocycles. The molecular formula is C15H17ClFNO2. The van der Waals surface area contributed by atoms with Gasteiger partial charge in [0, 0.05) is 17.1 Å². The van der Waals surface area contributed by atoms with Crippen LogP contribution in [0.15, 0.2) is 18.2 Å². The molecule has 2 fully saturated rings. The molecule has 0 radical (unpaired) electrons. The lowest BCUT2D eigenvalue weighted by molar-refractivity contribution is -0.134. The van der Waals surface area contributed by atoms with Crippen molar-refractivity contribution < 1.29 is 14.3 Å². The molecule has 108 valence electrons. The monoisotopic (exact) mass is 297 g/mol. The summed E-state index contributed by atoms with van der Waals surface area (Å²) >= 11 is 5.96. The Labute approximate surface area is 122 Å². The van der Waals surface area contributed by atoms with Crippen LogP contribution in [0.2, 0.25) is 5.02 Å². The Kier molecular flexibility index (Phi) is 3.46. The van der Waals surface area contributed by atoms with E-state index in [9.17, 15) is 14.3 Å². The van der Waals surface area contributed by atoms with Crippen molar-refractivity contribution in [2.45, 2.75) is 43.7 Å². The Balaban J connectivity index is 1.76. The number of amides is 1. The number of hydrogen-bond donors (Lipinski definition) is 1. The van der Waals surface area contributed by atoms with E-state index in [0.29, 0.717) is 6.54 Å². The van der Waals surface area contributed by atoms with Crippen molar-refractivity contribution in [1.82, 2.24) is 4.90 Å². The summed E-state index contributed by atoms with van der Waals surface area (Å²) < 4.78 is 13.7. The van der Waals surface area contributed by atoms with Gasteiger partial charge in [-0.1, -0.05) is 17.7 Å². The summed E-state index contributed by atoms with van der Waals surface area (Å²) in [6, 6.07) is 4.31. The second kappa shape index (κ2) is 5.01. The number of halogens is 2. The summed E-state index contributed by atoms with van der Waals surface area (Å²) in [5.74, 6) is -0.605. The van der Waals surface area contributed by atoms with Gasteiger partial charge in [0.05, 0.1) is 18.1 Å². The van der Waals surface area contributed by atoms with E-state index in [4.69, 9.17) is 11.6 Å². The fraction of sp³-hybridized carbons (Fsp3) is 0.533. The van der Waals surface area contributed by atoms with Crippen LogP contribution in [0, 0.1) is 5.82 Å². The molecule has 3 rings (SSSR count). The third-order valence-corrected chi connectivity index (χ3v) is 4.70. The number of nitrogens with zero attached hydrogens (tertiary/aromatic N) is 1. The minimum atomic E-state index is -0.703. The third-order valence-electron chi connectivity index (χ3n) is 4.35. The molecule has 5 heteroatoms. The van der Waals surface area contributed by atoms with Gasteiger partial charge in [-0.3, -0.25) is 4.79 Å². The Morgan fingerprint density at radius 2 is 2.25 bits per heavy atom. The Morgan fingerprint density at radius 1 is 1.50 bits per heavy atom. The van der Waals surface area contributed by atoms with Crippen molar-refractivity contribution in [3.05, 3.63) is 34.6 Å². The van der Waals surface area contributed by atoms with Crippen LogP contribution in [0.3, 0.4) is 0 Å². The van der Waals surface area contributed by atoms with Crippen LogP contribution < -0.4 is 0 Å². The van der Waals surface area contributed by atoms with E-state index in [1.807, 2.05) is 0 Å². The summed E-state index contributed by atoms with van der Waals surface area (Å²) in [6.45, 7) is 0.637. The quantitative estimate of drug-likeness (QED) is 0.931. The zero-order valence-electron chi connectivity index (χ0n) is 11.1. The van der Waals surface area contributed by atoms with Gasteiger partial charge in [-0.2, -0.15) is 0 Å². The average molecular weight is 298 g/mol. The highest BCUT2D eigenvalue weighted by atomic mass is 35.5. The van der Waals surface area contributed by atoms with Crippen LogP contribution >= 0.6 is 11.6 Å². The fourth-order valence-corrected chi connectivity index (χ4v) is 3.27. The summed E-state index contributed by atoms with van der Waals surface area (Å²) in [5.41, 5.74) is -0.460. The highest BCUT2D eigenvalue weighted by Gasteiger charge is 2.52. The predicted molar refractivity (Wildman–Crippen MR) is 74.0 cm³/mol. The standard InChI is InChI=1S/C15H17ClFNO2/c16-11-3-1-4-12(17)10(11)9-14(19)18-8-2-5-13(18)15(20)6-7-15/h1,3-4,13,20H,2,5-9H2. The van der Waals surface area contributed by atoms with Gasteiger partial charge in [0.1, 0.15) is 5.82 Å². The van der Waals surface area contributed by atoms with E-state index >= 15 is 0 Å². The number of benzene rings is 1. The minimum Gasteiger partial charge on any atom is -0.388 e. The van der Waals surface area contributed by atoms with E-state index in [1.54, 1.807) is 11.0 Å². The lowest BCUT2D eigenvalue weighted by atomic mass is 10.1. The largest absolute Gasteiger partial charge is 0.388 e. The molecule has 1 saturated carbocycles. The molecule has 1 saturated heterocycles. The maximum atomic E-state index is 13.7. The van der Waals surface area contributed by atoms with E-state index < -0.39 is 11.4 Å². The molecule has 1 aliphatic heterocycles. The molecule has 20 heavy (non-hydrogen) atoms. The van der Waals surface area contributed by atoms with Gasteiger partial charge in [-0.05, 0) is 37.8 Å². The molecule has 2 aliphatic rings. The van der Waals surface area contributed by atoms with Crippen LogP contribution in [0.25, 0.3) is 0 Å². The topological polar surface area (TPSA) is 40.5 Å². The molecule has 1 aliphatic carbocycles. The van der Waals surface area contributed by atoms with Gasteiger partial charge in [0.25, 0.3) is 0 Å². The molecule has 0 bridgehead atoms. The van der Waals surface area contributed by atoms with Gasteiger partial charge < -0.3 is 10.0 Å². The number of carbonyl (C=O) groups excluding carboxylic acids is 1. The molecule has 3 nitrogen and oxygen atoms in total.